The molecule has 1 aromatic heterocycles. The van der Waals surface area contributed by atoms with E-state index in [0.717, 1.165) is 17.5 Å². The van der Waals surface area contributed by atoms with Gasteiger partial charge in [-0.3, -0.25) is 9.36 Å². The second-order valence-electron chi connectivity index (χ2n) is 7.14. The molecule has 0 fully saturated rings. The molecule has 0 radical (unpaired) electrons. The van der Waals surface area contributed by atoms with E-state index >= 15 is 0 Å². The molecule has 1 unspecified atom stereocenters. The van der Waals surface area contributed by atoms with Crippen molar-refractivity contribution >= 4 is 22.2 Å². The Kier molecular flexibility index (Phi) is 6.47. The number of carbonyl (C=O) groups is 2. The summed E-state index contributed by atoms with van der Waals surface area (Å²) in [5, 5.41) is 0. The van der Waals surface area contributed by atoms with Gasteiger partial charge in [0.1, 0.15) is 12.1 Å². The average Bonchev–Trinajstić information content (AvgIpc) is 3.22. The summed E-state index contributed by atoms with van der Waals surface area (Å²) in [7, 11) is -4.13. The fourth-order valence-electron chi connectivity index (χ4n) is 3.04. The van der Waals surface area contributed by atoms with Gasteiger partial charge in [0.25, 0.3) is 10.0 Å². The maximum Gasteiger partial charge on any atom is 0.264 e. The lowest BCUT2D eigenvalue weighted by molar-refractivity contribution is -0.119. The number of para-hydroxylation sites is 1. The van der Waals surface area contributed by atoms with Crippen LogP contribution in [0.5, 0.6) is 0 Å². The van der Waals surface area contributed by atoms with Gasteiger partial charge in [-0.25, -0.2) is 18.1 Å². The number of aldehydes is 1. The topological polar surface area (TPSA) is 98.1 Å². The minimum atomic E-state index is -4.13. The molecule has 156 valence electrons. The Hall–Kier alpha value is -3.26. The zero-order valence-corrected chi connectivity index (χ0v) is 17.6. The van der Waals surface area contributed by atoms with Crippen molar-refractivity contribution in [3.05, 3.63) is 66.5 Å². The number of imidazole rings is 1. The van der Waals surface area contributed by atoms with Crippen LogP contribution in [0.3, 0.4) is 0 Å². The van der Waals surface area contributed by atoms with E-state index in [2.05, 4.69) is 9.71 Å². The molecule has 8 heteroatoms. The third-order valence-electron chi connectivity index (χ3n) is 4.65. The van der Waals surface area contributed by atoms with Gasteiger partial charge in [-0.05, 0) is 37.6 Å². The number of hydrogen-bond acceptors (Lipinski definition) is 5. The van der Waals surface area contributed by atoms with Crippen molar-refractivity contribution in [2.24, 2.45) is 5.92 Å². The molecule has 7 nitrogen and oxygen atoms in total. The second kappa shape index (κ2) is 9.04. The fraction of sp³-hybridized carbons (Fsp3) is 0.227. The average molecular weight is 426 g/mol. The standard InChI is InChI=1S/C22H23N3O4S/c1-16-8-10-20(30(28,29)24-21(27)11-9-17(2)15-26)19(14-16)22-23-12-13-25(22)18-6-4-3-5-7-18/h3-8,10,12-15,17H,9,11H2,1-2H3,(H,24,27). The molecule has 0 aliphatic heterocycles. The van der Waals surface area contributed by atoms with Gasteiger partial charge in [0.2, 0.25) is 5.91 Å². The lowest BCUT2D eigenvalue weighted by Gasteiger charge is -2.14. The number of nitrogens with one attached hydrogen (secondary N) is 1. The molecule has 0 saturated heterocycles. The van der Waals surface area contributed by atoms with Gasteiger partial charge >= 0.3 is 0 Å². The lowest BCUT2D eigenvalue weighted by Crippen LogP contribution is -2.31. The fourth-order valence-corrected chi connectivity index (χ4v) is 4.23. The Bertz CT molecular complexity index is 1150. The summed E-state index contributed by atoms with van der Waals surface area (Å²) < 4.78 is 29.9. The number of aryl methyl sites for hydroxylation is 1. The van der Waals surface area contributed by atoms with Crippen LogP contribution in [-0.2, 0) is 19.6 Å². The van der Waals surface area contributed by atoms with Crippen LogP contribution < -0.4 is 4.72 Å². The smallest absolute Gasteiger partial charge is 0.264 e. The molecule has 2 aromatic carbocycles. The van der Waals surface area contributed by atoms with Gasteiger partial charge in [-0.1, -0.05) is 36.8 Å². The van der Waals surface area contributed by atoms with Crippen molar-refractivity contribution < 1.29 is 18.0 Å². The van der Waals surface area contributed by atoms with Crippen LogP contribution >= 0.6 is 0 Å². The molecular weight excluding hydrogens is 402 g/mol. The van der Waals surface area contributed by atoms with Crippen molar-refractivity contribution in [2.45, 2.75) is 31.6 Å². The predicted octanol–water partition coefficient (Wildman–Crippen LogP) is 3.27. The van der Waals surface area contributed by atoms with E-state index in [1.54, 1.807) is 36.0 Å². The molecule has 3 aromatic rings. The molecule has 0 saturated carbocycles. The van der Waals surface area contributed by atoms with Crippen LogP contribution in [0.1, 0.15) is 25.3 Å². The molecular formula is C22H23N3O4S. The van der Waals surface area contributed by atoms with E-state index in [9.17, 15) is 18.0 Å². The number of carbonyl (C=O) groups excluding carboxylic acids is 2. The maximum atomic E-state index is 13.0. The minimum Gasteiger partial charge on any atom is -0.303 e. The molecule has 3 rings (SSSR count). The summed E-state index contributed by atoms with van der Waals surface area (Å²) in [6.45, 7) is 3.53. The Labute approximate surface area is 175 Å². The lowest BCUT2D eigenvalue weighted by atomic mass is 10.1. The Morgan fingerprint density at radius 2 is 1.93 bits per heavy atom. The van der Waals surface area contributed by atoms with E-state index in [4.69, 9.17) is 0 Å². The first-order chi connectivity index (χ1) is 14.3. The minimum absolute atomic E-state index is 0.0340. The van der Waals surface area contributed by atoms with Crippen LogP contribution in [0.4, 0.5) is 0 Å². The van der Waals surface area contributed by atoms with E-state index in [-0.39, 0.29) is 23.7 Å². The number of benzene rings is 2. The number of nitrogens with zero attached hydrogens (tertiary/aromatic N) is 2. The summed E-state index contributed by atoms with van der Waals surface area (Å²) in [5.74, 6) is -0.513. The van der Waals surface area contributed by atoms with Crippen molar-refractivity contribution in [1.29, 1.82) is 0 Å². The third kappa shape index (κ3) is 4.83. The SMILES string of the molecule is Cc1ccc(S(=O)(=O)NC(=O)CCC(C)C=O)c(-c2nccn2-c2ccccc2)c1. The summed E-state index contributed by atoms with van der Waals surface area (Å²) in [6.07, 6.45) is 4.31. The normalized spacial score (nSPS) is 12.3. The van der Waals surface area contributed by atoms with Crippen LogP contribution in [-0.4, -0.2) is 30.2 Å². The summed E-state index contributed by atoms with van der Waals surface area (Å²) >= 11 is 0. The Morgan fingerprint density at radius 1 is 1.20 bits per heavy atom. The largest absolute Gasteiger partial charge is 0.303 e. The van der Waals surface area contributed by atoms with Crippen molar-refractivity contribution in [3.8, 4) is 17.1 Å². The second-order valence-corrected chi connectivity index (χ2v) is 8.79. The Morgan fingerprint density at radius 3 is 2.63 bits per heavy atom. The Balaban J connectivity index is 1.98. The van der Waals surface area contributed by atoms with Crippen LogP contribution in [0, 0.1) is 12.8 Å². The third-order valence-corrected chi connectivity index (χ3v) is 6.08. The first-order valence-electron chi connectivity index (χ1n) is 9.52. The molecule has 1 amide bonds. The quantitative estimate of drug-likeness (QED) is 0.559. The van der Waals surface area contributed by atoms with Gasteiger partial charge in [0, 0.05) is 36.0 Å². The van der Waals surface area contributed by atoms with Gasteiger partial charge < -0.3 is 4.79 Å². The van der Waals surface area contributed by atoms with Crippen molar-refractivity contribution in [3.63, 3.8) is 0 Å². The van der Waals surface area contributed by atoms with E-state index in [0.29, 0.717) is 11.4 Å². The molecule has 0 aliphatic rings. The number of sulfonamides is 1. The first kappa shape index (κ1) is 21.4. The van der Waals surface area contributed by atoms with Crippen molar-refractivity contribution in [1.82, 2.24) is 14.3 Å². The van der Waals surface area contributed by atoms with Crippen LogP contribution in [0.2, 0.25) is 0 Å². The highest BCUT2D eigenvalue weighted by Gasteiger charge is 2.24. The summed E-state index contributed by atoms with van der Waals surface area (Å²) in [5.41, 5.74) is 2.09. The number of rotatable bonds is 8. The van der Waals surface area contributed by atoms with E-state index in [1.165, 1.54) is 6.07 Å². The highest BCUT2D eigenvalue weighted by molar-refractivity contribution is 7.90. The van der Waals surface area contributed by atoms with Crippen molar-refractivity contribution in [2.75, 3.05) is 0 Å². The van der Waals surface area contributed by atoms with Crippen LogP contribution in [0.25, 0.3) is 17.1 Å². The highest BCUT2D eigenvalue weighted by Crippen LogP contribution is 2.29. The molecule has 0 aliphatic carbocycles. The molecule has 0 spiro atoms. The van der Waals surface area contributed by atoms with Gasteiger partial charge in [0.15, 0.2) is 0 Å². The number of hydrogen-bond donors (Lipinski definition) is 1. The van der Waals surface area contributed by atoms with Crippen LogP contribution in [0.15, 0.2) is 65.8 Å². The summed E-state index contributed by atoms with van der Waals surface area (Å²) in [6, 6.07) is 14.3. The molecule has 30 heavy (non-hydrogen) atoms. The first-order valence-corrected chi connectivity index (χ1v) is 11.0. The predicted molar refractivity (Wildman–Crippen MR) is 114 cm³/mol. The molecule has 1 atom stereocenters. The highest BCUT2D eigenvalue weighted by atomic mass is 32.2. The number of aromatic nitrogens is 2. The zero-order valence-electron chi connectivity index (χ0n) is 16.8. The maximum absolute atomic E-state index is 13.0. The molecule has 0 bridgehead atoms. The molecule has 1 N–H and O–H groups in total. The van der Waals surface area contributed by atoms with E-state index < -0.39 is 15.9 Å². The summed E-state index contributed by atoms with van der Waals surface area (Å²) in [4.78, 5) is 27.2. The monoisotopic (exact) mass is 425 g/mol. The zero-order chi connectivity index (χ0) is 21.7. The van der Waals surface area contributed by atoms with E-state index in [1.807, 2.05) is 37.3 Å². The van der Waals surface area contributed by atoms with Gasteiger partial charge in [0.05, 0.1) is 4.90 Å². The van der Waals surface area contributed by atoms with Gasteiger partial charge in [-0.15, -0.1) is 0 Å². The number of amides is 1. The molecule has 1 heterocycles. The van der Waals surface area contributed by atoms with Gasteiger partial charge in [-0.2, -0.15) is 0 Å².